The van der Waals surface area contributed by atoms with E-state index in [1.54, 1.807) is 7.11 Å². The van der Waals surface area contributed by atoms with Crippen LogP contribution in [0.2, 0.25) is 13.1 Å². The summed E-state index contributed by atoms with van der Waals surface area (Å²) in [5.41, 5.74) is 0.646. The van der Waals surface area contributed by atoms with Crippen molar-refractivity contribution in [2.45, 2.75) is 95.5 Å². The second-order valence-electron chi connectivity index (χ2n) is 9.99. The van der Waals surface area contributed by atoms with E-state index >= 15 is 0 Å². The highest BCUT2D eigenvalue weighted by molar-refractivity contribution is 6.57. The fourth-order valence-electron chi connectivity index (χ4n) is 4.20. The summed E-state index contributed by atoms with van der Waals surface area (Å²) in [4.78, 5) is 0. The van der Waals surface area contributed by atoms with Crippen LogP contribution < -0.4 is 0 Å². The van der Waals surface area contributed by atoms with Crippen molar-refractivity contribution in [3.05, 3.63) is 35.9 Å². The molecule has 2 saturated heterocycles. The van der Waals surface area contributed by atoms with Gasteiger partial charge in [0.1, 0.15) is 24.0 Å². The van der Waals surface area contributed by atoms with Crippen molar-refractivity contribution >= 4 is 8.80 Å². The van der Waals surface area contributed by atoms with E-state index in [9.17, 15) is 0 Å². The lowest BCUT2D eigenvalue weighted by molar-refractivity contribution is -0.398. The Kier molecular flexibility index (Phi) is 7.14. The summed E-state index contributed by atoms with van der Waals surface area (Å²) >= 11 is 0. The third kappa shape index (κ3) is 5.15. The van der Waals surface area contributed by atoms with Gasteiger partial charge in [-0.3, -0.25) is 0 Å². The fraction of sp³-hybridized carbons (Fsp3) is 0.739. The van der Waals surface area contributed by atoms with Crippen LogP contribution in [0.5, 0.6) is 0 Å². The highest BCUT2D eigenvalue weighted by Gasteiger charge is 2.67. The molecule has 5 atom stereocenters. The van der Waals surface area contributed by atoms with Gasteiger partial charge in [-0.05, 0) is 40.2 Å². The molecule has 6 nitrogen and oxygen atoms in total. The maximum absolute atomic E-state index is 6.58. The Morgan fingerprint density at radius 2 is 1.70 bits per heavy atom. The first-order chi connectivity index (χ1) is 14.0. The normalized spacial score (nSPS) is 33.6. The smallest absolute Gasteiger partial charge is 0.221 e. The molecule has 3 rings (SSSR count). The average Bonchev–Trinajstić information content (AvgIpc) is 2.97. The first-order valence-electron chi connectivity index (χ1n) is 10.9. The summed E-state index contributed by atoms with van der Waals surface area (Å²) in [6, 6.07) is 10.1. The van der Waals surface area contributed by atoms with Gasteiger partial charge in [-0.15, -0.1) is 0 Å². The van der Waals surface area contributed by atoms with Crippen LogP contribution in [0.4, 0.5) is 0 Å². The molecule has 170 valence electrons. The van der Waals surface area contributed by atoms with Crippen LogP contribution in [0.1, 0.15) is 40.2 Å². The second-order valence-corrected chi connectivity index (χ2v) is 13.1. The molecular formula is C23H38O6Si. The zero-order chi connectivity index (χ0) is 22.2. The Morgan fingerprint density at radius 3 is 2.27 bits per heavy atom. The Morgan fingerprint density at radius 1 is 1.03 bits per heavy atom. The van der Waals surface area contributed by atoms with Gasteiger partial charge in [-0.25, -0.2) is 0 Å². The van der Waals surface area contributed by atoms with E-state index in [4.69, 9.17) is 28.4 Å². The predicted molar refractivity (Wildman–Crippen MR) is 118 cm³/mol. The summed E-state index contributed by atoms with van der Waals surface area (Å²) in [5.74, 6) is -1.74. The molecule has 0 spiro atoms. The van der Waals surface area contributed by atoms with Crippen LogP contribution in [0.3, 0.4) is 0 Å². The van der Waals surface area contributed by atoms with E-state index in [0.29, 0.717) is 13.2 Å². The van der Waals surface area contributed by atoms with Gasteiger partial charge in [0.2, 0.25) is 5.79 Å². The molecule has 2 aliphatic rings. The van der Waals surface area contributed by atoms with Gasteiger partial charge in [-0.1, -0.05) is 43.4 Å². The Labute approximate surface area is 182 Å². The highest BCUT2D eigenvalue weighted by Crippen LogP contribution is 2.47. The molecule has 0 aromatic heterocycles. The zero-order valence-corrected chi connectivity index (χ0v) is 20.8. The third-order valence-electron chi connectivity index (χ3n) is 5.51. The predicted octanol–water partition coefficient (Wildman–Crippen LogP) is 3.67. The van der Waals surface area contributed by atoms with Crippen molar-refractivity contribution < 1.29 is 28.4 Å². The lowest BCUT2D eigenvalue weighted by atomic mass is 10.0. The third-order valence-corrected chi connectivity index (χ3v) is 7.32. The van der Waals surface area contributed by atoms with Gasteiger partial charge in [0.15, 0.2) is 5.79 Å². The van der Waals surface area contributed by atoms with Gasteiger partial charge in [0.25, 0.3) is 0 Å². The number of ether oxygens (including phenoxy) is 6. The van der Waals surface area contributed by atoms with Gasteiger partial charge in [0.05, 0.1) is 27.6 Å². The number of hydrogen-bond donors (Lipinski definition) is 0. The SMILES string of the molecule is CO[C@@]12O[C@H](COC(C)(C)C)[C@@H](OCc3ccccc3)[C@@H]1OC(C)(C)OC2[SiH](C)C. The van der Waals surface area contributed by atoms with Gasteiger partial charge >= 0.3 is 0 Å². The number of benzene rings is 1. The first kappa shape index (κ1) is 23.9. The lowest BCUT2D eigenvalue weighted by Crippen LogP contribution is -2.67. The van der Waals surface area contributed by atoms with Crippen LogP contribution in [-0.2, 0) is 35.0 Å². The maximum Gasteiger partial charge on any atom is 0.221 e. The molecule has 0 bridgehead atoms. The summed E-state index contributed by atoms with van der Waals surface area (Å²) in [6.07, 6.45) is -1.08. The molecule has 30 heavy (non-hydrogen) atoms. The Balaban J connectivity index is 1.91. The summed E-state index contributed by atoms with van der Waals surface area (Å²) in [7, 11) is 0.341. The van der Waals surface area contributed by atoms with Crippen molar-refractivity contribution in [2.75, 3.05) is 13.7 Å². The van der Waals surface area contributed by atoms with Crippen LogP contribution in [0.25, 0.3) is 0 Å². The van der Waals surface area contributed by atoms with Crippen molar-refractivity contribution in [3.63, 3.8) is 0 Å². The van der Waals surface area contributed by atoms with Crippen LogP contribution >= 0.6 is 0 Å². The van der Waals surface area contributed by atoms with E-state index in [2.05, 4.69) is 25.2 Å². The molecule has 1 aromatic carbocycles. The average molecular weight is 439 g/mol. The molecule has 0 aliphatic carbocycles. The Bertz CT molecular complexity index is 689. The van der Waals surface area contributed by atoms with Gasteiger partial charge in [-0.2, -0.15) is 0 Å². The minimum absolute atomic E-state index is 0.168. The Hall–Kier alpha value is -0.803. The second kappa shape index (κ2) is 8.98. The van der Waals surface area contributed by atoms with Gasteiger partial charge in [0, 0.05) is 7.11 Å². The lowest BCUT2D eigenvalue weighted by Gasteiger charge is -2.50. The van der Waals surface area contributed by atoms with Crippen molar-refractivity contribution in [3.8, 4) is 0 Å². The molecule has 2 heterocycles. The molecule has 0 saturated carbocycles. The van der Waals surface area contributed by atoms with E-state index in [-0.39, 0.29) is 23.5 Å². The highest BCUT2D eigenvalue weighted by atomic mass is 28.3. The number of rotatable bonds is 7. The van der Waals surface area contributed by atoms with E-state index in [1.807, 2.05) is 52.8 Å². The van der Waals surface area contributed by atoms with Crippen LogP contribution in [0, 0.1) is 0 Å². The summed E-state index contributed by atoms with van der Waals surface area (Å²) in [5, 5.41) is 0. The number of hydrogen-bond acceptors (Lipinski definition) is 6. The minimum Gasteiger partial charge on any atom is -0.373 e. The fourth-order valence-corrected chi connectivity index (χ4v) is 6.13. The quantitative estimate of drug-likeness (QED) is 0.606. The molecule has 0 amide bonds. The first-order valence-corrected chi connectivity index (χ1v) is 13.8. The molecule has 2 fully saturated rings. The van der Waals surface area contributed by atoms with E-state index < -0.39 is 26.5 Å². The monoisotopic (exact) mass is 438 g/mol. The standard InChI is InChI=1S/C23H38O6Si/c1-21(2,3)26-15-17-18(25-14-16-12-10-9-11-13-16)19-23(24-6,27-17)20(30(7)8)29-22(4,5)28-19/h9-13,17-20,30H,14-15H2,1-8H3/t17-,18-,19+,20?,23-/m1/s1. The summed E-state index contributed by atoms with van der Waals surface area (Å²) in [6.45, 7) is 15.3. The molecule has 0 N–H and O–H groups in total. The molecule has 0 radical (unpaired) electrons. The molecular weight excluding hydrogens is 400 g/mol. The summed E-state index contributed by atoms with van der Waals surface area (Å²) < 4.78 is 37.9. The van der Waals surface area contributed by atoms with Crippen molar-refractivity contribution in [2.24, 2.45) is 0 Å². The van der Waals surface area contributed by atoms with Crippen molar-refractivity contribution in [1.29, 1.82) is 0 Å². The maximum atomic E-state index is 6.58. The molecule has 1 unspecified atom stereocenters. The van der Waals surface area contributed by atoms with E-state index in [1.165, 1.54) is 0 Å². The minimum atomic E-state index is -1.33. The largest absolute Gasteiger partial charge is 0.373 e. The number of methoxy groups -OCH3 is 1. The topological polar surface area (TPSA) is 55.4 Å². The number of fused-ring (bicyclic) bond motifs is 1. The van der Waals surface area contributed by atoms with E-state index in [0.717, 1.165) is 5.56 Å². The van der Waals surface area contributed by atoms with Crippen LogP contribution in [0.15, 0.2) is 30.3 Å². The molecule has 7 heteroatoms. The van der Waals surface area contributed by atoms with Crippen LogP contribution in [-0.4, -0.2) is 63.7 Å². The molecule has 2 aliphatic heterocycles. The zero-order valence-electron chi connectivity index (χ0n) is 19.6. The molecule has 1 aromatic rings. The van der Waals surface area contributed by atoms with Crippen molar-refractivity contribution in [1.82, 2.24) is 0 Å². The van der Waals surface area contributed by atoms with Gasteiger partial charge < -0.3 is 28.4 Å².